The highest BCUT2D eigenvalue weighted by atomic mass is 127. The van der Waals surface area contributed by atoms with Gasteiger partial charge in [-0.15, -0.1) is 0 Å². The molecule has 0 spiro atoms. The third-order valence-electron chi connectivity index (χ3n) is 5.58. The number of fused-ring (bicyclic) bond motifs is 1. The Morgan fingerprint density at radius 3 is 2.47 bits per heavy atom. The number of carbonyl (C=O) groups excluding carboxylic acids is 1. The first-order chi connectivity index (χ1) is 17.5. The molecule has 0 radical (unpaired) electrons. The van der Waals surface area contributed by atoms with Crippen LogP contribution < -0.4 is 9.47 Å². The molecule has 0 amide bonds. The Balaban J connectivity index is 1.43. The molecule has 1 heterocycles. The lowest BCUT2D eigenvalue weighted by atomic mass is 10.1. The Hall–Kier alpha value is -2.92. The highest BCUT2D eigenvalue weighted by molar-refractivity contribution is 14.1. The van der Waals surface area contributed by atoms with E-state index in [1.54, 1.807) is 6.08 Å². The van der Waals surface area contributed by atoms with Gasteiger partial charge in [0.1, 0.15) is 6.61 Å². The predicted molar refractivity (Wildman–Crippen MR) is 158 cm³/mol. The molecular weight excluding hydrogens is 680 g/mol. The number of rotatable bonds is 7. The minimum atomic E-state index is -0.481. The number of esters is 1. The van der Waals surface area contributed by atoms with Crippen LogP contribution in [0, 0.1) is 7.14 Å². The van der Waals surface area contributed by atoms with Gasteiger partial charge in [0, 0.05) is 14.7 Å². The van der Waals surface area contributed by atoms with Gasteiger partial charge in [0.05, 0.1) is 10.2 Å². The van der Waals surface area contributed by atoms with E-state index in [9.17, 15) is 4.79 Å². The van der Waals surface area contributed by atoms with Crippen molar-refractivity contribution in [2.45, 2.75) is 13.5 Å². The van der Waals surface area contributed by atoms with Crippen LogP contribution in [-0.2, 0) is 16.1 Å². The van der Waals surface area contributed by atoms with E-state index in [1.807, 2.05) is 79.7 Å². The molecule has 0 bridgehead atoms. The highest BCUT2D eigenvalue weighted by Crippen LogP contribution is 2.36. The van der Waals surface area contributed by atoms with Gasteiger partial charge >= 0.3 is 5.97 Å². The Kier molecular flexibility index (Phi) is 7.56. The maximum Gasteiger partial charge on any atom is 0.363 e. The molecule has 36 heavy (non-hydrogen) atoms. The number of halogens is 2. The molecule has 0 fully saturated rings. The summed E-state index contributed by atoms with van der Waals surface area (Å²) in [6, 6.07) is 25.8. The summed E-state index contributed by atoms with van der Waals surface area (Å²) in [7, 11) is 0. The van der Waals surface area contributed by atoms with Crippen LogP contribution in [0.15, 0.2) is 89.6 Å². The van der Waals surface area contributed by atoms with Crippen molar-refractivity contribution in [3.05, 3.63) is 108 Å². The zero-order valence-corrected chi connectivity index (χ0v) is 23.6. The number of cyclic esters (lactones) is 1. The van der Waals surface area contributed by atoms with Crippen molar-refractivity contribution >= 4 is 73.9 Å². The van der Waals surface area contributed by atoms with Crippen molar-refractivity contribution in [2.24, 2.45) is 4.99 Å². The number of aliphatic imine (C=N–C) groups is 1. The van der Waals surface area contributed by atoms with E-state index in [-0.39, 0.29) is 5.70 Å². The molecule has 5 rings (SSSR count). The average molecular weight is 701 g/mol. The lowest BCUT2D eigenvalue weighted by Crippen LogP contribution is -2.05. The molecule has 0 saturated carbocycles. The van der Waals surface area contributed by atoms with Crippen LogP contribution in [0.3, 0.4) is 0 Å². The van der Waals surface area contributed by atoms with Crippen molar-refractivity contribution in [2.75, 3.05) is 6.61 Å². The summed E-state index contributed by atoms with van der Waals surface area (Å²) in [6.45, 7) is 2.85. The minimum absolute atomic E-state index is 0.240. The van der Waals surface area contributed by atoms with Crippen LogP contribution in [0.1, 0.15) is 23.6 Å². The van der Waals surface area contributed by atoms with Crippen molar-refractivity contribution in [1.82, 2.24) is 0 Å². The van der Waals surface area contributed by atoms with Gasteiger partial charge in [0.15, 0.2) is 17.2 Å². The second kappa shape index (κ2) is 11.0. The van der Waals surface area contributed by atoms with Crippen molar-refractivity contribution in [3.63, 3.8) is 0 Å². The molecule has 180 valence electrons. The van der Waals surface area contributed by atoms with Crippen molar-refractivity contribution in [1.29, 1.82) is 0 Å². The molecule has 0 aromatic heterocycles. The number of hydrogen-bond acceptors (Lipinski definition) is 5. The van der Waals surface area contributed by atoms with Gasteiger partial charge in [-0.1, -0.05) is 48.5 Å². The topological polar surface area (TPSA) is 57.1 Å². The molecule has 7 heteroatoms. The summed E-state index contributed by atoms with van der Waals surface area (Å²) >= 11 is 4.53. The third-order valence-corrected chi connectivity index (χ3v) is 7.44. The monoisotopic (exact) mass is 701 g/mol. The van der Waals surface area contributed by atoms with E-state index in [0.29, 0.717) is 30.6 Å². The summed E-state index contributed by atoms with van der Waals surface area (Å²) in [6.07, 6.45) is 1.71. The van der Waals surface area contributed by atoms with Crippen molar-refractivity contribution < 1.29 is 19.0 Å². The van der Waals surface area contributed by atoms with E-state index in [4.69, 9.17) is 14.2 Å². The normalized spacial score (nSPS) is 14.1. The molecule has 1 aliphatic rings. The number of ether oxygens (including phenoxy) is 3. The first kappa shape index (κ1) is 24.8. The molecule has 1 aliphatic heterocycles. The summed E-state index contributed by atoms with van der Waals surface area (Å²) in [5, 5.41) is 2.17. The molecule has 0 aliphatic carbocycles. The zero-order valence-electron chi connectivity index (χ0n) is 19.3. The quantitative estimate of drug-likeness (QED) is 0.115. The average Bonchev–Trinajstić information content (AvgIpc) is 3.24. The maximum absolute atomic E-state index is 12.6. The van der Waals surface area contributed by atoms with Crippen LogP contribution in [0.5, 0.6) is 11.5 Å². The molecule has 0 unspecified atom stereocenters. The summed E-state index contributed by atoms with van der Waals surface area (Å²) in [5.74, 6) is 1.11. The first-order valence-electron chi connectivity index (χ1n) is 11.4. The van der Waals surface area contributed by atoms with E-state index >= 15 is 0 Å². The lowest BCUT2D eigenvalue weighted by molar-refractivity contribution is -0.129. The fraction of sp³-hybridized carbons (Fsp3) is 0.103. The van der Waals surface area contributed by atoms with Crippen LogP contribution in [-0.4, -0.2) is 18.5 Å². The lowest BCUT2D eigenvalue weighted by Gasteiger charge is -2.15. The highest BCUT2D eigenvalue weighted by Gasteiger charge is 2.25. The minimum Gasteiger partial charge on any atom is -0.490 e. The largest absolute Gasteiger partial charge is 0.490 e. The maximum atomic E-state index is 12.6. The Labute approximate surface area is 236 Å². The summed E-state index contributed by atoms with van der Waals surface area (Å²) < 4.78 is 19.6. The predicted octanol–water partition coefficient (Wildman–Crippen LogP) is 7.37. The van der Waals surface area contributed by atoms with Crippen LogP contribution in [0.25, 0.3) is 16.8 Å². The number of hydrogen-bond donors (Lipinski definition) is 0. The van der Waals surface area contributed by atoms with E-state index in [2.05, 4.69) is 56.2 Å². The second-order valence-electron chi connectivity index (χ2n) is 8.04. The number of nitrogens with zero attached hydrogens (tertiary/aromatic N) is 1. The van der Waals surface area contributed by atoms with Crippen LogP contribution >= 0.6 is 45.2 Å². The fourth-order valence-electron chi connectivity index (χ4n) is 3.85. The molecule has 0 atom stereocenters. The van der Waals surface area contributed by atoms with Gasteiger partial charge in [-0.05, 0) is 105 Å². The fourth-order valence-corrected chi connectivity index (χ4v) is 5.18. The second-order valence-corrected chi connectivity index (χ2v) is 10.4. The Bertz CT molecular complexity index is 1530. The van der Waals surface area contributed by atoms with Crippen LogP contribution in [0.4, 0.5) is 0 Å². The van der Waals surface area contributed by atoms with Gasteiger partial charge in [-0.3, -0.25) is 0 Å². The van der Waals surface area contributed by atoms with Gasteiger partial charge in [0.25, 0.3) is 0 Å². The van der Waals surface area contributed by atoms with Crippen LogP contribution in [0.2, 0.25) is 0 Å². The standard InChI is InChI=1S/C29H21I2NO4/c1-2-34-26-15-18(13-24(31)27(26)35-17-22-9-5-6-10-23(22)30)14-25-29(33)36-28(32-25)21-12-11-19-7-3-4-8-20(19)16-21/h3-16H,2,17H2,1H3/b25-14-. The molecule has 4 aromatic rings. The van der Waals surface area contributed by atoms with Crippen molar-refractivity contribution in [3.8, 4) is 11.5 Å². The molecular formula is C29H21I2NO4. The zero-order chi connectivity index (χ0) is 25.1. The first-order valence-corrected chi connectivity index (χ1v) is 13.5. The summed E-state index contributed by atoms with van der Waals surface area (Å²) in [4.78, 5) is 17.1. The molecule has 0 N–H and O–H groups in total. The SMILES string of the molecule is CCOc1cc(/C=C2\N=C(c3ccc4ccccc4c3)OC2=O)cc(I)c1OCc1ccccc1I. The smallest absolute Gasteiger partial charge is 0.363 e. The van der Waals surface area contributed by atoms with Gasteiger partial charge in [0.2, 0.25) is 5.90 Å². The van der Waals surface area contributed by atoms with E-state index in [1.165, 1.54) is 0 Å². The van der Waals surface area contributed by atoms with Gasteiger partial charge < -0.3 is 14.2 Å². The Morgan fingerprint density at radius 2 is 1.67 bits per heavy atom. The third kappa shape index (κ3) is 5.41. The molecule has 0 saturated heterocycles. The number of carbonyl (C=O) groups is 1. The van der Waals surface area contributed by atoms with E-state index in [0.717, 1.165) is 34.6 Å². The number of benzene rings is 4. The molecule has 5 nitrogen and oxygen atoms in total. The van der Waals surface area contributed by atoms with Gasteiger partial charge in [-0.25, -0.2) is 9.79 Å². The van der Waals surface area contributed by atoms with E-state index < -0.39 is 5.97 Å². The van der Waals surface area contributed by atoms with Gasteiger partial charge in [-0.2, -0.15) is 0 Å². The Morgan fingerprint density at radius 1 is 0.889 bits per heavy atom. The summed E-state index contributed by atoms with van der Waals surface area (Å²) in [5.41, 5.74) is 2.88. The molecule has 4 aromatic carbocycles.